The predicted octanol–water partition coefficient (Wildman–Crippen LogP) is 3.36. The van der Waals surface area contributed by atoms with E-state index in [1.165, 1.54) is 11.3 Å². The van der Waals surface area contributed by atoms with E-state index in [-0.39, 0.29) is 18.6 Å². The number of carbonyl (C=O) groups is 2. The van der Waals surface area contributed by atoms with Gasteiger partial charge in [-0.15, -0.1) is 11.3 Å². The Kier molecular flexibility index (Phi) is 6.03. The SMILES string of the molecule is CC(C)OC(=O)[C@H](Cn1ccnc1)NC(=O)c1ccc(-c2ccccc2)s1. The summed E-state index contributed by atoms with van der Waals surface area (Å²) in [5.41, 5.74) is 1.05. The van der Waals surface area contributed by atoms with Crippen molar-refractivity contribution in [2.75, 3.05) is 0 Å². The molecule has 0 spiro atoms. The fourth-order valence-corrected chi connectivity index (χ4v) is 3.46. The topological polar surface area (TPSA) is 73.2 Å². The van der Waals surface area contributed by atoms with Gasteiger partial charge in [-0.3, -0.25) is 4.79 Å². The van der Waals surface area contributed by atoms with Crippen LogP contribution in [0, 0.1) is 0 Å². The van der Waals surface area contributed by atoms with E-state index in [2.05, 4.69) is 10.3 Å². The van der Waals surface area contributed by atoms with E-state index in [1.807, 2.05) is 36.4 Å². The fraction of sp³-hybridized carbons (Fsp3) is 0.250. The zero-order chi connectivity index (χ0) is 19.2. The van der Waals surface area contributed by atoms with Gasteiger partial charge < -0.3 is 14.6 Å². The van der Waals surface area contributed by atoms with E-state index in [4.69, 9.17) is 4.74 Å². The molecule has 3 rings (SSSR count). The smallest absolute Gasteiger partial charge is 0.330 e. The summed E-state index contributed by atoms with van der Waals surface area (Å²) in [5.74, 6) is -0.764. The van der Waals surface area contributed by atoms with Gasteiger partial charge in [0.05, 0.1) is 23.9 Å². The van der Waals surface area contributed by atoms with Gasteiger partial charge in [-0.2, -0.15) is 0 Å². The molecule has 1 amide bonds. The van der Waals surface area contributed by atoms with Crippen molar-refractivity contribution < 1.29 is 14.3 Å². The third kappa shape index (κ3) is 5.04. The molecular weight excluding hydrogens is 362 g/mol. The van der Waals surface area contributed by atoms with E-state index < -0.39 is 12.0 Å². The molecule has 0 bridgehead atoms. The molecular formula is C20H21N3O3S. The number of benzene rings is 1. The highest BCUT2D eigenvalue weighted by Gasteiger charge is 2.25. The van der Waals surface area contributed by atoms with Crippen molar-refractivity contribution in [3.63, 3.8) is 0 Å². The van der Waals surface area contributed by atoms with Crippen molar-refractivity contribution in [3.05, 3.63) is 66.1 Å². The van der Waals surface area contributed by atoms with Crippen molar-refractivity contribution in [2.45, 2.75) is 32.5 Å². The molecule has 0 aliphatic carbocycles. The number of hydrogen-bond donors (Lipinski definition) is 1. The number of rotatable bonds is 7. The number of ether oxygens (including phenoxy) is 1. The molecule has 2 heterocycles. The molecule has 2 aromatic heterocycles. The molecule has 7 heteroatoms. The van der Waals surface area contributed by atoms with Gasteiger partial charge in [0, 0.05) is 17.3 Å². The lowest BCUT2D eigenvalue weighted by Gasteiger charge is -2.19. The van der Waals surface area contributed by atoms with Gasteiger partial charge in [0.15, 0.2) is 0 Å². The monoisotopic (exact) mass is 383 g/mol. The van der Waals surface area contributed by atoms with Crippen LogP contribution in [0.5, 0.6) is 0 Å². The number of nitrogens with one attached hydrogen (secondary N) is 1. The van der Waals surface area contributed by atoms with Gasteiger partial charge in [-0.05, 0) is 31.5 Å². The summed E-state index contributed by atoms with van der Waals surface area (Å²) in [6.07, 6.45) is 4.70. The summed E-state index contributed by atoms with van der Waals surface area (Å²) in [4.78, 5) is 30.6. The third-order valence-corrected chi connectivity index (χ3v) is 4.92. The Morgan fingerprint density at radius 3 is 2.63 bits per heavy atom. The summed E-state index contributed by atoms with van der Waals surface area (Å²) in [7, 11) is 0. The number of hydrogen-bond acceptors (Lipinski definition) is 5. The number of nitrogens with zero attached hydrogens (tertiary/aromatic N) is 2. The van der Waals surface area contributed by atoms with Gasteiger partial charge in [0.25, 0.3) is 5.91 Å². The van der Waals surface area contributed by atoms with Crippen LogP contribution in [-0.4, -0.2) is 33.6 Å². The third-order valence-electron chi connectivity index (χ3n) is 3.78. The maximum Gasteiger partial charge on any atom is 0.330 e. The molecule has 27 heavy (non-hydrogen) atoms. The Labute approximate surface area is 161 Å². The van der Waals surface area contributed by atoms with Crippen molar-refractivity contribution in [1.29, 1.82) is 0 Å². The number of esters is 1. The van der Waals surface area contributed by atoms with E-state index in [0.717, 1.165) is 10.4 Å². The number of amides is 1. The first-order valence-electron chi connectivity index (χ1n) is 8.65. The quantitative estimate of drug-likeness (QED) is 0.635. The van der Waals surface area contributed by atoms with Gasteiger partial charge in [-0.1, -0.05) is 30.3 Å². The van der Waals surface area contributed by atoms with Gasteiger partial charge >= 0.3 is 5.97 Å². The van der Waals surface area contributed by atoms with Crippen LogP contribution in [0.4, 0.5) is 0 Å². The molecule has 1 aromatic carbocycles. The van der Waals surface area contributed by atoms with Crippen LogP contribution < -0.4 is 5.32 Å². The van der Waals surface area contributed by atoms with E-state index in [1.54, 1.807) is 43.2 Å². The highest BCUT2D eigenvalue weighted by molar-refractivity contribution is 7.17. The van der Waals surface area contributed by atoms with Crippen LogP contribution in [0.3, 0.4) is 0 Å². The standard InChI is InChI=1S/C20H21N3O3S/c1-14(2)26-20(25)16(12-23-11-10-21-13-23)22-19(24)18-9-8-17(27-18)15-6-4-3-5-7-15/h3-11,13-14,16H,12H2,1-2H3,(H,22,24)/t16-/m0/s1. The largest absolute Gasteiger partial charge is 0.461 e. The normalized spacial score (nSPS) is 12.0. The number of imidazole rings is 1. The molecule has 0 aliphatic rings. The lowest BCUT2D eigenvalue weighted by Crippen LogP contribution is -2.45. The van der Waals surface area contributed by atoms with Crippen LogP contribution in [-0.2, 0) is 16.1 Å². The van der Waals surface area contributed by atoms with Crippen LogP contribution in [0.15, 0.2) is 61.2 Å². The minimum atomic E-state index is -0.795. The van der Waals surface area contributed by atoms with Gasteiger partial charge in [0.1, 0.15) is 6.04 Å². The molecule has 0 unspecified atom stereocenters. The molecule has 0 aliphatic heterocycles. The summed E-state index contributed by atoms with van der Waals surface area (Å²) in [6, 6.07) is 12.7. The van der Waals surface area contributed by atoms with E-state index in [9.17, 15) is 9.59 Å². The Hall–Kier alpha value is -2.93. The Bertz CT molecular complexity index is 888. The minimum absolute atomic E-state index is 0.258. The molecule has 6 nitrogen and oxygen atoms in total. The maximum absolute atomic E-state index is 12.7. The molecule has 1 N–H and O–H groups in total. The van der Waals surface area contributed by atoms with E-state index in [0.29, 0.717) is 4.88 Å². The Balaban J connectivity index is 1.73. The van der Waals surface area contributed by atoms with Crippen LogP contribution in [0.2, 0.25) is 0 Å². The van der Waals surface area contributed by atoms with E-state index >= 15 is 0 Å². The highest BCUT2D eigenvalue weighted by Crippen LogP contribution is 2.27. The molecule has 140 valence electrons. The number of carbonyl (C=O) groups excluding carboxylic acids is 2. The summed E-state index contributed by atoms with van der Waals surface area (Å²) >= 11 is 1.39. The second-order valence-corrected chi connectivity index (χ2v) is 7.38. The van der Waals surface area contributed by atoms with Crippen LogP contribution >= 0.6 is 11.3 Å². The number of aromatic nitrogens is 2. The zero-order valence-corrected chi connectivity index (χ0v) is 16.0. The minimum Gasteiger partial charge on any atom is -0.461 e. The Morgan fingerprint density at radius 2 is 1.96 bits per heavy atom. The average molecular weight is 383 g/mol. The summed E-state index contributed by atoms with van der Waals surface area (Å²) < 4.78 is 7.02. The van der Waals surface area contributed by atoms with Crippen LogP contribution in [0.1, 0.15) is 23.5 Å². The lowest BCUT2D eigenvalue weighted by atomic mass is 10.2. The highest BCUT2D eigenvalue weighted by atomic mass is 32.1. The molecule has 0 fully saturated rings. The van der Waals surface area contributed by atoms with Crippen molar-refractivity contribution in [1.82, 2.24) is 14.9 Å². The molecule has 1 atom stereocenters. The lowest BCUT2D eigenvalue weighted by molar-refractivity contribution is -0.150. The van der Waals surface area contributed by atoms with Gasteiger partial charge in [0.2, 0.25) is 0 Å². The van der Waals surface area contributed by atoms with Crippen molar-refractivity contribution >= 4 is 23.2 Å². The van der Waals surface area contributed by atoms with Crippen LogP contribution in [0.25, 0.3) is 10.4 Å². The predicted molar refractivity (Wildman–Crippen MR) is 104 cm³/mol. The molecule has 0 radical (unpaired) electrons. The second-order valence-electron chi connectivity index (χ2n) is 6.30. The molecule has 0 saturated heterocycles. The first kappa shape index (κ1) is 18.8. The molecule has 0 saturated carbocycles. The maximum atomic E-state index is 12.7. The zero-order valence-electron chi connectivity index (χ0n) is 15.2. The number of thiophene rings is 1. The first-order chi connectivity index (χ1) is 13.0. The second kappa shape index (κ2) is 8.64. The fourth-order valence-electron chi connectivity index (χ4n) is 2.55. The van der Waals surface area contributed by atoms with Crippen molar-refractivity contribution in [3.8, 4) is 10.4 Å². The Morgan fingerprint density at radius 1 is 1.19 bits per heavy atom. The first-order valence-corrected chi connectivity index (χ1v) is 9.47. The molecule has 3 aromatic rings. The summed E-state index contributed by atoms with van der Waals surface area (Å²) in [5, 5.41) is 2.79. The summed E-state index contributed by atoms with van der Waals surface area (Å²) in [6.45, 7) is 3.81. The van der Waals surface area contributed by atoms with Crippen molar-refractivity contribution in [2.24, 2.45) is 0 Å². The average Bonchev–Trinajstić information content (AvgIpc) is 3.33. The van der Waals surface area contributed by atoms with Gasteiger partial charge in [-0.25, -0.2) is 9.78 Å².